The molecule has 0 aromatic heterocycles. The lowest BCUT2D eigenvalue weighted by molar-refractivity contribution is -0.138. The Morgan fingerprint density at radius 2 is 2.06 bits per heavy atom. The smallest absolute Gasteiger partial charge is 0.303 e. The number of rotatable bonds is 4. The van der Waals surface area contributed by atoms with Crippen LogP contribution in [0.5, 0.6) is 0 Å². The van der Waals surface area contributed by atoms with Gasteiger partial charge in [0.1, 0.15) is 0 Å². The van der Waals surface area contributed by atoms with E-state index >= 15 is 0 Å². The number of piperidine rings is 1. The van der Waals surface area contributed by atoms with Gasteiger partial charge in [-0.25, -0.2) is 0 Å². The van der Waals surface area contributed by atoms with E-state index in [-0.39, 0.29) is 0 Å². The number of hydrogen-bond acceptors (Lipinski definition) is 3. The Kier molecular flexibility index (Phi) is 4.62. The summed E-state index contributed by atoms with van der Waals surface area (Å²) in [7, 11) is 0. The van der Waals surface area contributed by atoms with Crippen molar-refractivity contribution < 1.29 is 9.90 Å². The third-order valence-corrected chi connectivity index (χ3v) is 4.46. The van der Waals surface area contributed by atoms with E-state index in [4.69, 9.17) is 5.11 Å². The molecule has 104 valence electrons. The van der Waals surface area contributed by atoms with Crippen LogP contribution in [0.15, 0.2) is 0 Å². The molecule has 1 N–H and O–H groups in total. The topological polar surface area (TPSA) is 43.8 Å². The predicted molar refractivity (Wildman–Crippen MR) is 71.7 cm³/mol. The predicted octanol–water partition coefficient (Wildman–Crippen LogP) is 1.66. The van der Waals surface area contributed by atoms with Crippen molar-refractivity contribution in [2.45, 2.75) is 51.6 Å². The molecule has 4 nitrogen and oxygen atoms in total. The maximum Gasteiger partial charge on any atom is 0.303 e. The van der Waals surface area contributed by atoms with Gasteiger partial charge in [-0.2, -0.15) is 0 Å². The van der Waals surface area contributed by atoms with Crippen molar-refractivity contribution in [2.75, 3.05) is 26.2 Å². The molecule has 0 bridgehead atoms. The van der Waals surface area contributed by atoms with Gasteiger partial charge in [0.25, 0.3) is 0 Å². The second-order valence-electron chi connectivity index (χ2n) is 6.13. The monoisotopic (exact) mass is 254 g/mol. The molecule has 0 aromatic carbocycles. The highest BCUT2D eigenvalue weighted by atomic mass is 16.4. The van der Waals surface area contributed by atoms with Crippen LogP contribution in [-0.4, -0.2) is 59.1 Å². The number of aliphatic carboxylic acids is 1. The third kappa shape index (κ3) is 3.45. The van der Waals surface area contributed by atoms with Gasteiger partial charge in [0.15, 0.2) is 0 Å². The van der Waals surface area contributed by atoms with Gasteiger partial charge in [0.2, 0.25) is 0 Å². The molecule has 2 rings (SSSR count). The molecular formula is C14H26N2O2. The number of carboxylic acid groups (broad SMARTS) is 1. The first-order valence-corrected chi connectivity index (χ1v) is 7.26. The largest absolute Gasteiger partial charge is 0.481 e. The van der Waals surface area contributed by atoms with Gasteiger partial charge < -0.3 is 5.11 Å². The third-order valence-electron chi connectivity index (χ3n) is 4.46. The van der Waals surface area contributed by atoms with Gasteiger partial charge in [0.05, 0.1) is 0 Å². The molecule has 2 atom stereocenters. The summed E-state index contributed by atoms with van der Waals surface area (Å²) >= 11 is 0. The average Bonchev–Trinajstić information content (AvgIpc) is 2.77. The van der Waals surface area contributed by atoms with Crippen LogP contribution < -0.4 is 0 Å². The summed E-state index contributed by atoms with van der Waals surface area (Å²) in [6.07, 6.45) is 3.84. The zero-order chi connectivity index (χ0) is 13.1. The number of carbonyl (C=O) groups is 1. The van der Waals surface area contributed by atoms with E-state index in [1.807, 2.05) is 0 Å². The normalized spacial score (nSPS) is 31.1. The lowest BCUT2D eigenvalue weighted by atomic mass is 9.93. The molecule has 0 saturated carbocycles. The summed E-state index contributed by atoms with van der Waals surface area (Å²) in [6, 6.07) is 1.29. The lowest BCUT2D eigenvalue weighted by Gasteiger charge is -2.36. The number of hydrogen-bond donors (Lipinski definition) is 1. The van der Waals surface area contributed by atoms with Gasteiger partial charge in [0, 0.05) is 38.1 Å². The molecule has 4 heteroatoms. The van der Waals surface area contributed by atoms with E-state index in [1.54, 1.807) is 0 Å². The molecule has 2 heterocycles. The summed E-state index contributed by atoms with van der Waals surface area (Å²) < 4.78 is 0. The second kappa shape index (κ2) is 6.02. The van der Waals surface area contributed by atoms with Crippen LogP contribution in [-0.2, 0) is 4.79 Å². The Morgan fingerprint density at radius 1 is 1.28 bits per heavy atom. The maximum absolute atomic E-state index is 10.8. The van der Waals surface area contributed by atoms with Crippen LogP contribution >= 0.6 is 0 Å². The maximum atomic E-state index is 10.8. The van der Waals surface area contributed by atoms with Crippen LogP contribution in [0.4, 0.5) is 0 Å². The molecule has 0 amide bonds. The van der Waals surface area contributed by atoms with Crippen molar-refractivity contribution >= 4 is 5.97 Å². The minimum Gasteiger partial charge on any atom is -0.481 e. The van der Waals surface area contributed by atoms with Crippen LogP contribution in [0, 0.1) is 5.92 Å². The van der Waals surface area contributed by atoms with Crippen LogP contribution in [0.1, 0.15) is 39.5 Å². The molecule has 2 aliphatic heterocycles. The molecule has 2 saturated heterocycles. The van der Waals surface area contributed by atoms with Crippen molar-refractivity contribution in [3.63, 3.8) is 0 Å². The number of likely N-dealkylation sites (tertiary alicyclic amines) is 2. The quantitative estimate of drug-likeness (QED) is 0.828. The minimum atomic E-state index is -0.642. The molecule has 2 unspecified atom stereocenters. The van der Waals surface area contributed by atoms with Crippen LogP contribution in [0.3, 0.4) is 0 Å². The Morgan fingerprint density at radius 3 is 2.67 bits per heavy atom. The number of carboxylic acids is 1. The zero-order valence-electron chi connectivity index (χ0n) is 11.6. The fourth-order valence-electron chi connectivity index (χ4n) is 3.38. The molecule has 2 fully saturated rings. The highest BCUT2D eigenvalue weighted by Crippen LogP contribution is 2.25. The summed E-state index contributed by atoms with van der Waals surface area (Å²) in [4.78, 5) is 15.9. The summed E-state index contributed by atoms with van der Waals surface area (Å²) in [5, 5.41) is 8.91. The highest BCUT2D eigenvalue weighted by molar-refractivity contribution is 5.67. The Balaban J connectivity index is 1.84. The zero-order valence-corrected chi connectivity index (χ0v) is 11.6. The van der Waals surface area contributed by atoms with Gasteiger partial charge in [-0.15, -0.1) is 0 Å². The molecule has 0 aliphatic carbocycles. The van der Waals surface area contributed by atoms with E-state index in [1.165, 1.54) is 13.0 Å². The molecular weight excluding hydrogens is 228 g/mol. The van der Waals surface area contributed by atoms with E-state index in [0.717, 1.165) is 32.5 Å². The van der Waals surface area contributed by atoms with E-state index < -0.39 is 5.97 Å². The lowest BCUT2D eigenvalue weighted by Crippen LogP contribution is -2.44. The summed E-state index contributed by atoms with van der Waals surface area (Å²) in [5.41, 5.74) is 0. The standard InChI is InChI=1S/C14H26N2O2/c1-11(2)15-7-5-13(10-15)16-6-3-4-12(9-16)8-14(17)18/h11-13H,3-10H2,1-2H3,(H,17,18). The first-order chi connectivity index (χ1) is 8.56. The molecule has 0 spiro atoms. The molecule has 0 radical (unpaired) electrons. The van der Waals surface area contributed by atoms with Crippen molar-refractivity contribution in [2.24, 2.45) is 5.92 Å². The Labute approximate surface area is 110 Å². The number of nitrogens with zero attached hydrogens (tertiary/aromatic N) is 2. The first kappa shape index (κ1) is 13.8. The fraction of sp³-hybridized carbons (Fsp3) is 0.929. The Hall–Kier alpha value is -0.610. The fourth-order valence-corrected chi connectivity index (χ4v) is 3.38. The van der Waals surface area contributed by atoms with E-state index in [2.05, 4.69) is 23.6 Å². The van der Waals surface area contributed by atoms with Crippen molar-refractivity contribution in [3.05, 3.63) is 0 Å². The van der Waals surface area contributed by atoms with Crippen LogP contribution in [0.25, 0.3) is 0 Å². The van der Waals surface area contributed by atoms with Gasteiger partial charge >= 0.3 is 5.97 Å². The first-order valence-electron chi connectivity index (χ1n) is 7.26. The Bertz CT molecular complexity index is 294. The van der Waals surface area contributed by atoms with Gasteiger partial charge in [-0.05, 0) is 45.6 Å². The summed E-state index contributed by atoms with van der Waals surface area (Å²) in [5.74, 6) is -0.276. The average molecular weight is 254 g/mol. The SMILES string of the molecule is CC(C)N1CCC(N2CCCC(CC(=O)O)C2)C1. The van der Waals surface area contributed by atoms with Gasteiger partial charge in [-0.1, -0.05) is 0 Å². The van der Waals surface area contributed by atoms with E-state index in [0.29, 0.717) is 24.4 Å². The van der Waals surface area contributed by atoms with E-state index in [9.17, 15) is 4.79 Å². The second-order valence-corrected chi connectivity index (χ2v) is 6.13. The molecule has 2 aliphatic rings. The van der Waals surface area contributed by atoms with Crippen molar-refractivity contribution in [3.8, 4) is 0 Å². The van der Waals surface area contributed by atoms with Crippen molar-refractivity contribution in [1.82, 2.24) is 9.80 Å². The van der Waals surface area contributed by atoms with Crippen molar-refractivity contribution in [1.29, 1.82) is 0 Å². The van der Waals surface area contributed by atoms with Gasteiger partial charge in [-0.3, -0.25) is 14.6 Å². The minimum absolute atomic E-state index is 0.344. The van der Waals surface area contributed by atoms with Crippen LogP contribution in [0.2, 0.25) is 0 Å². The summed E-state index contributed by atoms with van der Waals surface area (Å²) in [6.45, 7) is 9.02. The molecule has 0 aromatic rings. The highest BCUT2D eigenvalue weighted by Gasteiger charge is 2.32. The molecule has 18 heavy (non-hydrogen) atoms.